The lowest BCUT2D eigenvalue weighted by atomic mass is 9.91. The number of aryl methyl sites for hydroxylation is 2. The second-order valence-corrected chi connectivity index (χ2v) is 10.8. The van der Waals surface area contributed by atoms with Gasteiger partial charge < -0.3 is 10.0 Å². The maximum absolute atomic E-state index is 12.6. The van der Waals surface area contributed by atoms with E-state index < -0.39 is 16.1 Å². The molecule has 0 spiro atoms. The second kappa shape index (κ2) is 11.4. The van der Waals surface area contributed by atoms with Crippen LogP contribution in [-0.4, -0.2) is 37.5 Å². The van der Waals surface area contributed by atoms with Crippen LogP contribution in [0.4, 0.5) is 4.79 Å². The van der Waals surface area contributed by atoms with Gasteiger partial charge in [-0.1, -0.05) is 54.8 Å². The van der Waals surface area contributed by atoms with Gasteiger partial charge in [-0.15, -0.1) is 0 Å². The van der Waals surface area contributed by atoms with Gasteiger partial charge in [0.15, 0.2) is 0 Å². The van der Waals surface area contributed by atoms with E-state index in [1.807, 2.05) is 49.4 Å². The number of nitrogens with zero attached hydrogens (tertiary/aromatic N) is 1. The SMILES string of the molecule is CC(=Cc1ccc(C)cc1)S(=O)(=O)NC(=O)N1CCC(CCCCc2cccc(O)c2)CC1. The van der Waals surface area contributed by atoms with Crippen molar-refractivity contribution in [3.8, 4) is 5.75 Å². The minimum atomic E-state index is -3.88. The smallest absolute Gasteiger partial charge is 0.331 e. The summed E-state index contributed by atoms with van der Waals surface area (Å²) < 4.78 is 27.4. The second-order valence-electron chi connectivity index (χ2n) is 8.92. The first-order chi connectivity index (χ1) is 15.7. The number of hydrogen-bond acceptors (Lipinski definition) is 4. The Morgan fingerprint density at radius 2 is 1.82 bits per heavy atom. The van der Waals surface area contributed by atoms with E-state index in [9.17, 15) is 18.3 Å². The normalized spacial score (nSPS) is 15.5. The summed E-state index contributed by atoms with van der Waals surface area (Å²) in [7, 11) is -3.88. The number of aromatic hydroxyl groups is 1. The Balaban J connectivity index is 1.41. The van der Waals surface area contributed by atoms with Crippen molar-refractivity contribution in [2.45, 2.75) is 52.4 Å². The van der Waals surface area contributed by atoms with E-state index in [2.05, 4.69) is 4.72 Å². The first-order valence-electron chi connectivity index (χ1n) is 11.6. The van der Waals surface area contributed by atoms with Crippen LogP contribution < -0.4 is 4.72 Å². The third-order valence-electron chi connectivity index (χ3n) is 6.23. The zero-order valence-electron chi connectivity index (χ0n) is 19.5. The fraction of sp³-hybridized carbons (Fsp3) is 0.423. The number of carbonyl (C=O) groups is 1. The van der Waals surface area contributed by atoms with Crippen molar-refractivity contribution in [3.63, 3.8) is 0 Å². The number of urea groups is 1. The van der Waals surface area contributed by atoms with Crippen molar-refractivity contribution in [3.05, 3.63) is 70.1 Å². The molecule has 2 N–H and O–H groups in total. The summed E-state index contributed by atoms with van der Waals surface area (Å²) in [4.78, 5) is 14.3. The average Bonchev–Trinajstić information content (AvgIpc) is 2.78. The number of amides is 2. The fourth-order valence-corrected chi connectivity index (χ4v) is 4.94. The van der Waals surface area contributed by atoms with Gasteiger partial charge in [-0.2, -0.15) is 0 Å². The van der Waals surface area contributed by atoms with Crippen LogP contribution >= 0.6 is 0 Å². The van der Waals surface area contributed by atoms with E-state index in [-0.39, 0.29) is 4.91 Å². The number of likely N-dealkylation sites (tertiary alicyclic amines) is 1. The third kappa shape index (κ3) is 7.63. The minimum Gasteiger partial charge on any atom is -0.508 e. The number of piperidine rings is 1. The summed E-state index contributed by atoms with van der Waals surface area (Å²) in [6.07, 6.45) is 7.56. The van der Waals surface area contributed by atoms with Gasteiger partial charge in [-0.05, 0) is 74.8 Å². The number of phenolic OH excluding ortho intramolecular Hbond substituents is 1. The molecule has 33 heavy (non-hydrogen) atoms. The molecule has 3 rings (SSSR count). The molecule has 7 heteroatoms. The highest BCUT2D eigenvalue weighted by Crippen LogP contribution is 2.24. The molecule has 1 saturated heterocycles. The average molecular weight is 471 g/mol. The van der Waals surface area contributed by atoms with Gasteiger partial charge in [-0.25, -0.2) is 17.9 Å². The standard InChI is InChI=1S/C26H34N2O4S/c1-20-10-12-24(13-11-20)18-21(2)33(31,32)27-26(30)28-16-14-22(15-17-28)6-3-4-7-23-8-5-9-25(29)19-23/h5,8-13,18-19,22,29H,3-4,6-7,14-17H2,1-2H3,(H,27,30). The van der Waals surface area contributed by atoms with Crippen LogP contribution in [0.3, 0.4) is 0 Å². The Hall–Kier alpha value is -2.80. The lowest BCUT2D eigenvalue weighted by Gasteiger charge is -2.32. The van der Waals surface area contributed by atoms with Gasteiger partial charge in [0.25, 0.3) is 10.0 Å². The van der Waals surface area contributed by atoms with Crippen LogP contribution in [0.1, 0.15) is 55.7 Å². The molecule has 6 nitrogen and oxygen atoms in total. The van der Waals surface area contributed by atoms with Crippen LogP contribution in [0.2, 0.25) is 0 Å². The van der Waals surface area contributed by atoms with Crippen LogP contribution in [-0.2, 0) is 16.4 Å². The molecule has 0 atom stereocenters. The van der Waals surface area contributed by atoms with Gasteiger partial charge in [-0.3, -0.25) is 0 Å². The van der Waals surface area contributed by atoms with Crippen molar-refractivity contribution >= 4 is 22.1 Å². The van der Waals surface area contributed by atoms with Crippen molar-refractivity contribution in [1.29, 1.82) is 0 Å². The van der Waals surface area contributed by atoms with Crippen molar-refractivity contribution in [2.75, 3.05) is 13.1 Å². The van der Waals surface area contributed by atoms with E-state index >= 15 is 0 Å². The van der Waals surface area contributed by atoms with Gasteiger partial charge >= 0.3 is 6.03 Å². The lowest BCUT2D eigenvalue weighted by Crippen LogP contribution is -2.46. The first kappa shape index (κ1) is 24.8. The molecule has 1 aliphatic heterocycles. The number of nitrogens with one attached hydrogen (secondary N) is 1. The Labute approximate surface area is 197 Å². The van der Waals surface area contributed by atoms with Gasteiger partial charge in [0.2, 0.25) is 0 Å². The lowest BCUT2D eigenvalue weighted by molar-refractivity contribution is 0.172. The summed E-state index contributed by atoms with van der Waals surface area (Å²) >= 11 is 0. The van der Waals surface area contributed by atoms with Gasteiger partial charge in [0, 0.05) is 13.1 Å². The maximum atomic E-state index is 12.6. The van der Waals surface area contributed by atoms with E-state index in [1.165, 1.54) is 6.92 Å². The molecular formula is C26H34N2O4S. The molecule has 0 aromatic heterocycles. The molecule has 1 fully saturated rings. The number of rotatable bonds is 8. The van der Waals surface area contributed by atoms with Crippen LogP contribution in [0.5, 0.6) is 5.75 Å². The molecule has 0 aliphatic carbocycles. The molecule has 1 heterocycles. The largest absolute Gasteiger partial charge is 0.508 e. The first-order valence-corrected chi connectivity index (χ1v) is 13.1. The number of benzene rings is 2. The molecule has 2 aromatic rings. The zero-order chi connectivity index (χ0) is 23.8. The Kier molecular flexibility index (Phi) is 8.55. The summed E-state index contributed by atoms with van der Waals surface area (Å²) in [6.45, 7) is 4.61. The van der Waals surface area contributed by atoms with E-state index in [0.29, 0.717) is 24.8 Å². The Morgan fingerprint density at radius 3 is 2.48 bits per heavy atom. The molecular weight excluding hydrogens is 436 g/mol. The number of carbonyl (C=O) groups excluding carboxylic acids is 1. The summed E-state index contributed by atoms with van der Waals surface area (Å²) in [6, 6.07) is 14.4. The number of unbranched alkanes of at least 4 members (excludes halogenated alkanes) is 1. The summed E-state index contributed by atoms with van der Waals surface area (Å²) in [5.41, 5.74) is 3.02. The van der Waals surface area contributed by atoms with Crippen LogP contribution in [0.25, 0.3) is 6.08 Å². The number of sulfonamides is 1. The summed E-state index contributed by atoms with van der Waals surface area (Å²) in [5.74, 6) is 0.860. The molecule has 2 aromatic carbocycles. The Bertz CT molecular complexity index is 1070. The van der Waals surface area contributed by atoms with Crippen molar-refractivity contribution in [1.82, 2.24) is 9.62 Å². The monoisotopic (exact) mass is 470 g/mol. The van der Waals surface area contributed by atoms with Crippen molar-refractivity contribution < 1.29 is 18.3 Å². The van der Waals surface area contributed by atoms with E-state index in [0.717, 1.165) is 55.2 Å². The van der Waals surface area contributed by atoms with Crippen LogP contribution in [0.15, 0.2) is 53.4 Å². The third-order valence-corrected chi connectivity index (χ3v) is 7.64. The molecule has 2 amide bonds. The van der Waals surface area contributed by atoms with Crippen molar-refractivity contribution in [2.24, 2.45) is 5.92 Å². The highest BCUT2D eigenvalue weighted by Gasteiger charge is 2.26. The number of phenols is 1. The quantitative estimate of drug-likeness (QED) is 0.518. The molecule has 178 valence electrons. The predicted octanol–water partition coefficient (Wildman–Crippen LogP) is 5.23. The fourth-order valence-electron chi connectivity index (χ4n) is 4.13. The molecule has 1 aliphatic rings. The molecule has 0 saturated carbocycles. The highest BCUT2D eigenvalue weighted by atomic mass is 32.2. The predicted molar refractivity (Wildman–Crippen MR) is 132 cm³/mol. The highest BCUT2D eigenvalue weighted by molar-refractivity contribution is 7.94. The van der Waals surface area contributed by atoms with Gasteiger partial charge in [0.05, 0.1) is 4.91 Å². The van der Waals surface area contributed by atoms with Crippen LogP contribution in [0, 0.1) is 12.8 Å². The molecule has 0 radical (unpaired) electrons. The summed E-state index contributed by atoms with van der Waals surface area (Å²) in [5, 5.41) is 9.54. The molecule has 0 bridgehead atoms. The maximum Gasteiger partial charge on any atom is 0.331 e. The van der Waals surface area contributed by atoms with E-state index in [4.69, 9.17) is 0 Å². The zero-order valence-corrected chi connectivity index (χ0v) is 20.3. The topological polar surface area (TPSA) is 86.7 Å². The molecule has 0 unspecified atom stereocenters. The number of allylic oxidation sites excluding steroid dienone is 1. The Morgan fingerprint density at radius 1 is 1.12 bits per heavy atom. The van der Waals surface area contributed by atoms with Gasteiger partial charge in [0.1, 0.15) is 5.75 Å². The number of hydrogen-bond donors (Lipinski definition) is 2. The minimum absolute atomic E-state index is 0.112. The van der Waals surface area contributed by atoms with E-state index in [1.54, 1.807) is 17.0 Å².